The normalized spacial score (nSPS) is 29.8. The first kappa shape index (κ1) is 15.5. The Morgan fingerprint density at radius 3 is 2.50 bits per heavy atom. The molecular formula is C17H23NO3S. The molecule has 4 nitrogen and oxygen atoms in total. The van der Waals surface area contributed by atoms with E-state index in [0.717, 1.165) is 12.0 Å². The highest BCUT2D eigenvalue weighted by Gasteiger charge is 2.65. The molecular weight excluding hydrogens is 298 g/mol. The van der Waals surface area contributed by atoms with Gasteiger partial charge < -0.3 is 0 Å². The number of Topliss-reactive ketones (excluding diaryl/α,β-unsaturated/α-hetero) is 1. The van der Waals surface area contributed by atoms with Crippen molar-refractivity contribution in [2.75, 3.05) is 10.5 Å². The van der Waals surface area contributed by atoms with Gasteiger partial charge in [0.05, 0.1) is 16.9 Å². The van der Waals surface area contributed by atoms with Crippen LogP contribution in [0.4, 0.5) is 5.69 Å². The number of anilines is 1. The van der Waals surface area contributed by atoms with E-state index in [9.17, 15) is 13.2 Å². The molecule has 0 unspecified atom stereocenters. The Bertz CT molecular complexity index is 723. The Balaban J connectivity index is 1.89. The van der Waals surface area contributed by atoms with Crippen LogP contribution in [0.15, 0.2) is 24.3 Å². The minimum absolute atomic E-state index is 0.101. The van der Waals surface area contributed by atoms with Crippen LogP contribution in [-0.2, 0) is 14.8 Å². The fourth-order valence-corrected chi connectivity index (χ4v) is 6.29. The van der Waals surface area contributed by atoms with Gasteiger partial charge >= 0.3 is 0 Å². The SMILES string of the molecule is Cc1ccccc1NS(=O)(=O)C[C@@]12CC[C@@H](CC1=O)C2(C)C. The molecule has 2 atom stereocenters. The molecule has 2 aliphatic carbocycles. The number of aryl methyl sites for hydroxylation is 1. The molecule has 0 amide bonds. The average molecular weight is 321 g/mol. The number of rotatable bonds is 4. The van der Waals surface area contributed by atoms with Crippen molar-refractivity contribution in [3.05, 3.63) is 29.8 Å². The van der Waals surface area contributed by atoms with Crippen molar-refractivity contribution in [1.82, 2.24) is 0 Å². The summed E-state index contributed by atoms with van der Waals surface area (Å²) >= 11 is 0. The van der Waals surface area contributed by atoms with Crippen molar-refractivity contribution in [1.29, 1.82) is 0 Å². The molecule has 0 spiro atoms. The van der Waals surface area contributed by atoms with Crippen LogP contribution in [0.2, 0.25) is 0 Å². The first-order valence-corrected chi connectivity index (χ1v) is 9.43. The first-order chi connectivity index (χ1) is 10.2. The Morgan fingerprint density at radius 1 is 1.27 bits per heavy atom. The van der Waals surface area contributed by atoms with Crippen LogP contribution in [0.5, 0.6) is 0 Å². The lowest BCUT2D eigenvalue weighted by molar-refractivity contribution is -0.128. The number of carbonyl (C=O) groups is 1. The molecule has 0 radical (unpaired) electrons. The monoisotopic (exact) mass is 321 g/mol. The summed E-state index contributed by atoms with van der Waals surface area (Å²) in [4.78, 5) is 12.5. The molecule has 2 bridgehead atoms. The van der Waals surface area contributed by atoms with Gasteiger partial charge in [0.2, 0.25) is 10.0 Å². The maximum Gasteiger partial charge on any atom is 0.233 e. The van der Waals surface area contributed by atoms with E-state index in [1.54, 1.807) is 12.1 Å². The van der Waals surface area contributed by atoms with E-state index >= 15 is 0 Å². The van der Waals surface area contributed by atoms with Crippen LogP contribution >= 0.6 is 0 Å². The Labute approximate surface area is 132 Å². The van der Waals surface area contributed by atoms with Gasteiger partial charge in [0, 0.05) is 6.42 Å². The Morgan fingerprint density at radius 2 is 1.95 bits per heavy atom. The molecule has 0 heterocycles. The molecule has 2 aliphatic rings. The molecule has 120 valence electrons. The van der Waals surface area contributed by atoms with Crippen molar-refractivity contribution < 1.29 is 13.2 Å². The van der Waals surface area contributed by atoms with Crippen LogP contribution in [0, 0.1) is 23.7 Å². The smallest absolute Gasteiger partial charge is 0.233 e. The second-order valence-corrected chi connectivity index (χ2v) is 9.07. The predicted molar refractivity (Wildman–Crippen MR) is 87.2 cm³/mol. The van der Waals surface area contributed by atoms with Crippen molar-refractivity contribution in [2.24, 2.45) is 16.7 Å². The molecule has 2 saturated carbocycles. The predicted octanol–water partition coefficient (Wildman–Crippen LogP) is 3.13. The van der Waals surface area contributed by atoms with Crippen LogP contribution < -0.4 is 4.72 Å². The molecule has 5 heteroatoms. The van der Waals surface area contributed by atoms with Crippen molar-refractivity contribution in [3.8, 4) is 0 Å². The second-order valence-electron chi connectivity index (χ2n) is 7.34. The van der Waals surface area contributed by atoms with E-state index in [1.807, 2.05) is 19.1 Å². The molecule has 3 rings (SSSR count). The van der Waals surface area contributed by atoms with Gasteiger partial charge in [-0.1, -0.05) is 32.0 Å². The number of benzene rings is 1. The zero-order chi connectivity index (χ0) is 16.2. The first-order valence-electron chi connectivity index (χ1n) is 7.77. The van der Waals surface area contributed by atoms with E-state index in [4.69, 9.17) is 0 Å². The molecule has 2 fully saturated rings. The third-order valence-corrected chi connectivity index (χ3v) is 7.39. The van der Waals surface area contributed by atoms with Gasteiger partial charge in [0.1, 0.15) is 5.78 Å². The van der Waals surface area contributed by atoms with Gasteiger partial charge in [-0.25, -0.2) is 8.42 Å². The second kappa shape index (κ2) is 4.82. The lowest BCUT2D eigenvalue weighted by Gasteiger charge is -2.36. The number of sulfonamides is 1. The van der Waals surface area contributed by atoms with Gasteiger partial charge in [-0.2, -0.15) is 0 Å². The summed E-state index contributed by atoms with van der Waals surface area (Å²) in [7, 11) is -3.56. The summed E-state index contributed by atoms with van der Waals surface area (Å²) in [6, 6.07) is 7.30. The number of hydrogen-bond acceptors (Lipinski definition) is 3. The molecule has 1 aromatic carbocycles. The minimum atomic E-state index is -3.56. The molecule has 0 aromatic heterocycles. The van der Waals surface area contributed by atoms with E-state index in [-0.39, 0.29) is 17.0 Å². The number of carbonyl (C=O) groups excluding carboxylic acids is 1. The maximum atomic E-state index is 12.7. The number of fused-ring (bicyclic) bond motifs is 2. The summed E-state index contributed by atoms with van der Waals surface area (Å²) in [6.45, 7) is 5.98. The minimum Gasteiger partial charge on any atom is -0.299 e. The summed E-state index contributed by atoms with van der Waals surface area (Å²) in [5.41, 5.74) is 0.526. The summed E-state index contributed by atoms with van der Waals surface area (Å²) in [5.74, 6) is 0.356. The quantitative estimate of drug-likeness (QED) is 0.926. The van der Waals surface area contributed by atoms with Crippen LogP contribution in [-0.4, -0.2) is 20.0 Å². The lowest BCUT2D eigenvalue weighted by atomic mass is 9.70. The van der Waals surface area contributed by atoms with Crippen LogP contribution in [0.3, 0.4) is 0 Å². The van der Waals surface area contributed by atoms with Crippen molar-refractivity contribution in [3.63, 3.8) is 0 Å². The van der Waals surface area contributed by atoms with Gasteiger partial charge in [0.15, 0.2) is 0 Å². The highest BCUT2D eigenvalue weighted by molar-refractivity contribution is 7.92. The number of ketones is 1. The number of para-hydroxylation sites is 1. The summed E-state index contributed by atoms with van der Waals surface area (Å²) in [5, 5.41) is 0. The fraction of sp³-hybridized carbons (Fsp3) is 0.588. The largest absolute Gasteiger partial charge is 0.299 e. The maximum absolute atomic E-state index is 12.7. The standard InChI is InChI=1S/C17H23NO3S/c1-12-6-4-5-7-14(12)18-22(20,21)11-17-9-8-13(10-15(17)19)16(17,2)3/h4-7,13,18H,8-11H2,1-3H3/t13-,17-/m0/s1. The average Bonchev–Trinajstić information content (AvgIpc) is 2.74. The third-order valence-electron chi connectivity index (χ3n) is 5.99. The van der Waals surface area contributed by atoms with Gasteiger partial charge in [0.25, 0.3) is 0 Å². The molecule has 1 aromatic rings. The third kappa shape index (κ3) is 2.18. The summed E-state index contributed by atoms with van der Waals surface area (Å²) in [6.07, 6.45) is 2.18. The van der Waals surface area contributed by atoms with Crippen LogP contribution in [0.1, 0.15) is 38.7 Å². The highest BCUT2D eigenvalue weighted by atomic mass is 32.2. The van der Waals surface area contributed by atoms with Crippen LogP contribution in [0.25, 0.3) is 0 Å². The molecule has 0 saturated heterocycles. The van der Waals surface area contributed by atoms with Gasteiger partial charge in [-0.3, -0.25) is 9.52 Å². The van der Waals surface area contributed by atoms with Crippen molar-refractivity contribution in [2.45, 2.75) is 40.0 Å². The number of nitrogens with one attached hydrogen (secondary N) is 1. The summed E-state index contributed by atoms with van der Waals surface area (Å²) < 4.78 is 28.0. The van der Waals surface area contributed by atoms with E-state index in [1.165, 1.54) is 0 Å². The van der Waals surface area contributed by atoms with E-state index < -0.39 is 15.4 Å². The molecule has 22 heavy (non-hydrogen) atoms. The zero-order valence-electron chi connectivity index (χ0n) is 13.3. The highest BCUT2D eigenvalue weighted by Crippen LogP contribution is 2.64. The van der Waals surface area contributed by atoms with Gasteiger partial charge in [-0.15, -0.1) is 0 Å². The zero-order valence-corrected chi connectivity index (χ0v) is 14.2. The fourth-order valence-electron chi connectivity index (χ4n) is 4.32. The Kier molecular flexibility index (Phi) is 3.40. The van der Waals surface area contributed by atoms with Crippen molar-refractivity contribution >= 4 is 21.5 Å². The van der Waals surface area contributed by atoms with Gasteiger partial charge in [-0.05, 0) is 42.7 Å². The Hall–Kier alpha value is -1.36. The number of hydrogen-bond donors (Lipinski definition) is 1. The topological polar surface area (TPSA) is 63.2 Å². The molecule has 1 N–H and O–H groups in total. The lowest BCUT2D eigenvalue weighted by Crippen LogP contribution is -2.43. The van der Waals surface area contributed by atoms with E-state index in [2.05, 4.69) is 18.6 Å². The van der Waals surface area contributed by atoms with E-state index in [0.29, 0.717) is 24.4 Å². The molecule has 0 aliphatic heterocycles.